The third-order valence-electron chi connectivity index (χ3n) is 11.5. The van der Waals surface area contributed by atoms with Gasteiger partial charge in [0.2, 0.25) is 0 Å². The van der Waals surface area contributed by atoms with Crippen LogP contribution in [0.4, 0.5) is 0 Å². The van der Waals surface area contributed by atoms with E-state index in [1.165, 1.54) is 66.9 Å². The number of benzene rings is 4. The molecule has 6 nitrogen and oxygen atoms in total. The number of rotatable bonds is 20. The van der Waals surface area contributed by atoms with Gasteiger partial charge in [0.05, 0.1) is 13.2 Å². The third-order valence-corrected chi connectivity index (χ3v) is 11.5. The van der Waals surface area contributed by atoms with Gasteiger partial charge in [0.25, 0.3) is 0 Å². The highest BCUT2D eigenvalue weighted by Gasteiger charge is 2.56. The van der Waals surface area contributed by atoms with Crippen LogP contribution in [-0.4, -0.2) is 25.8 Å². The van der Waals surface area contributed by atoms with Crippen molar-refractivity contribution >= 4 is 18.1 Å². The van der Waals surface area contributed by atoms with Crippen molar-refractivity contribution in [2.24, 2.45) is 0 Å². The third kappa shape index (κ3) is 10.6. The SMILES string of the molecule is CCCCCCOc1ccc(C=CCOOc2ccc3c(c2)C2(CC3(C)C)CC(C)(C)c3ccc(OC(=O)C=Cc4ccc(OCCCCCC)cc4)cc32)cc1. The molecule has 6 heteroatoms. The van der Waals surface area contributed by atoms with Crippen LogP contribution in [0.3, 0.4) is 0 Å². The van der Waals surface area contributed by atoms with E-state index in [0.717, 1.165) is 61.5 Å². The molecule has 2 aliphatic rings. The van der Waals surface area contributed by atoms with Crippen molar-refractivity contribution in [2.45, 2.75) is 122 Å². The molecule has 0 radical (unpaired) electrons. The van der Waals surface area contributed by atoms with Crippen LogP contribution in [0.25, 0.3) is 12.2 Å². The molecule has 0 amide bonds. The number of esters is 1. The second-order valence-electron chi connectivity index (χ2n) is 17.1. The lowest BCUT2D eigenvalue weighted by atomic mass is 9.72. The quantitative estimate of drug-likeness (QED) is 0.0223. The van der Waals surface area contributed by atoms with E-state index in [1.54, 1.807) is 6.08 Å². The number of hydrogen-bond acceptors (Lipinski definition) is 6. The van der Waals surface area contributed by atoms with E-state index in [4.69, 9.17) is 24.0 Å². The minimum Gasteiger partial charge on any atom is -0.494 e. The van der Waals surface area contributed by atoms with Gasteiger partial charge in [-0.1, -0.05) is 129 Å². The second kappa shape index (κ2) is 19.1. The number of unbranched alkanes of at least 4 members (excludes halogenated alkanes) is 6. The smallest absolute Gasteiger partial charge is 0.336 e. The van der Waals surface area contributed by atoms with E-state index in [0.29, 0.717) is 18.1 Å². The molecule has 1 spiro atoms. The van der Waals surface area contributed by atoms with Crippen molar-refractivity contribution in [1.82, 2.24) is 0 Å². The molecule has 0 saturated heterocycles. The molecular weight excluding hydrogens is 709 g/mol. The Bertz CT molecular complexity index is 1980. The number of fused-ring (bicyclic) bond motifs is 4. The van der Waals surface area contributed by atoms with Crippen LogP contribution >= 0.6 is 0 Å². The lowest BCUT2D eigenvalue weighted by Gasteiger charge is -2.30. The van der Waals surface area contributed by atoms with Crippen LogP contribution in [0.5, 0.6) is 23.0 Å². The summed E-state index contributed by atoms with van der Waals surface area (Å²) >= 11 is 0. The predicted octanol–water partition coefficient (Wildman–Crippen LogP) is 12.9. The Morgan fingerprint density at radius 3 is 1.61 bits per heavy atom. The lowest BCUT2D eigenvalue weighted by Crippen LogP contribution is -2.27. The molecule has 0 aromatic heterocycles. The molecule has 2 aliphatic carbocycles. The molecule has 0 aliphatic heterocycles. The molecule has 0 heterocycles. The van der Waals surface area contributed by atoms with Crippen molar-refractivity contribution in [3.05, 3.63) is 130 Å². The highest BCUT2D eigenvalue weighted by molar-refractivity contribution is 5.88. The summed E-state index contributed by atoms with van der Waals surface area (Å²) in [4.78, 5) is 24.7. The van der Waals surface area contributed by atoms with Crippen LogP contribution in [0.2, 0.25) is 0 Å². The van der Waals surface area contributed by atoms with Gasteiger partial charge in [0.15, 0.2) is 5.75 Å². The van der Waals surface area contributed by atoms with E-state index >= 15 is 0 Å². The maximum Gasteiger partial charge on any atom is 0.336 e. The van der Waals surface area contributed by atoms with Gasteiger partial charge < -0.3 is 19.1 Å². The minimum atomic E-state index is -0.411. The van der Waals surface area contributed by atoms with E-state index in [9.17, 15) is 4.79 Å². The topological polar surface area (TPSA) is 63.2 Å². The van der Waals surface area contributed by atoms with Crippen molar-refractivity contribution < 1.29 is 28.8 Å². The molecule has 4 aromatic rings. The van der Waals surface area contributed by atoms with Gasteiger partial charge in [-0.3, -0.25) is 0 Å². The van der Waals surface area contributed by atoms with Gasteiger partial charge in [-0.15, -0.1) is 0 Å². The molecule has 57 heavy (non-hydrogen) atoms. The Kier molecular flexibility index (Phi) is 14.0. The van der Waals surface area contributed by atoms with E-state index in [1.807, 2.05) is 60.7 Å². The largest absolute Gasteiger partial charge is 0.494 e. The van der Waals surface area contributed by atoms with Gasteiger partial charge in [0, 0.05) is 11.5 Å². The fourth-order valence-corrected chi connectivity index (χ4v) is 8.85. The minimum absolute atomic E-state index is 0.0597. The van der Waals surface area contributed by atoms with E-state index in [-0.39, 0.29) is 16.2 Å². The molecule has 0 N–H and O–H groups in total. The second-order valence-corrected chi connectivity index (χ2v) is 17.1. The Morgan fingerprint density at radius 2 is 1.07 bits per heavy atom. The highest BCUT2D eigenvalue weighted by Crippen LogP contribution is 2.63. The zero-order valence-corrected chi connectivity index (χ0v) is 35.0. The van der Waals surface area contributed by atoms with Crippen molar-refractivity contribution in [2.75, 3.05) is 19.8 Å². The first-order valence-corrected chi connectivity index (χ1v) is 21.1. The van der Waals surface area contributed by atoms with Crippen molar-refractivity contribution in [3.63, 3.8) is 0 Å². The molecule has 0 bridgehead atoms. The summed E-state index contributed by atoms with van der Waals surface area (Å²) in [6.07, 6.45) is 18.6. The Hall–Kier alpha value is -4.81. The fourth-order valence-electron chi connectivity index (χ4n) is 8.85. The van der Waals surface area contributed by atoms with Crippen molar-refractivity contribution in [1.29, 1.82) is 0 Å². The molecule has 6 rings (SSSR count). The summed E-state index contributed by atoms with van der Waals surface area (Å²) in [5.74, 6) is 2.55. The zero-order chi connectivity index (χ0) is 40.3. The number of ether oxygens (including phenoxy) is 3. The normalized spacial score (nSPS) is 17.6. The first-order chi connectivity index (χ1) is 27.5. The summed E-state index contributed by atoms with van der Waals surface area (Å²) in [7, 11) is 0. The molecule has 4 aromatic carbocycles. The first-order valence-electron chi connectivity index (χ1n) is 21.1. The zero-order valence-electron chi connectivity index (χ0n) is 35.0. The molecule has 302 valence electrons. The summed E-state index contributed by atoms with van der Waals surface area (Å²) < 4.78 is 17.7. The van der Waals surface area contributed by atoms with Crippen LogP contribution in [-0.2, 0) is 25.9 Å². The standard InChI is InChI=1S/C51H62O6/c1-7-9-11-13-31-53-40-22-17-38(18-23-40)16-15-33-55-57-43-27-29-45-47(35-43)51(37-50(45,5)6)36-49(3,4)44-28-26-42(34-46(44)51)56-48(52)30-21-39-19-24-41(25-20-39)54-32-14-12-10-8-2/h15-30,34-35H,7-14,31-33,36-37H2,1-6H3. The monoisotopic (exact) mass is 770 g/mol. The van der Waals surface area contributed by atoms with Gasteiger partial charge in [0.1, 0.15) is 23.9 Å². The summed E-state index contributed by atoms with van der Waals surface area (Å²) in [5.41, 5.74) is 6.65. The maximum atomic E-state index is 13.1. The number of hydrogen-bond donors (Lipinski definition) is 0. The van der Waals surface area contributed by atoms with Gasteiger partial charge in [-0.05, 0) is 125 Å². The first kappa shape index (κ1) is 41.8. The lowest BCUT2D eigenvalue weighted by molar-refractivity contribution is -0.195. The molecule has 1 unspecified atom stereocenters. The van der Waals surface area contributed by atoms with Crippen LogP contribution in [0.15, 0.2) is 97.1 Å². The van der Waals surface area contributed by atoms with Crippen LogP contribution in [0.1, 0.15) is 139 Å². The predicted molar refractivity (Wildman–Crippen MR) is 231 cm³/mol. The maximum absolute atomic E-state index is 13.1. The van der Waals surface area contributed by atoms with E-state index < -0.39 is 5.97 Å². The average molecular weight is 771 g/mol. The molecule has 0 fully saturated rings. The molecule has 0 saturated carbocycles. The van der Waals surface area contributed by atoms with Gasteiger partial charge in [-0.2, -0.15) is 4.89 Å². The average Bonchev–Trinajstić information content (AvgIpc) is 3.56. The summed E-state index contributed by atoms with van der Waals surface area (Å²) in [6, 6.07) is 28.5. The fraction of sp³-hybridized carbons (Fsp3) is 0.431. The summed E-state index contributed by atoms with van der Waals surface area (Å²) in [5, 5.41) is 0. The Morgan fingerprint density at radius 1 is 0.579 bits per heavy atom. The van der Waals surface area contributed by atoms with Gasteiger partial charge >= 0.3 is 5.97 Å². The van der Waals surface area contributed by atoms with Crippen LogP contribution in [0, 0.1) is 0 Å². The van der Waals surface area contributed by atoms with E-state index in [2.05, 4.69) is 77.9 Å². The summed E-state index contributed by atoms with van der Waals surface area (Å²) in [6.45, 7) is 15.5. The highest BCUT2D eigenvalue weighted by atomic mass is 17.2. The number of carbonyl (C=O) groups excluding carboxylic acids is 1. The van der Waals surface area contributed by atoms with Crippen molar-refractivity contribution in [3.8, 4) is 23.0 Å². The van der Waals surface area contributed by atoms with Gasteiger partial charge in [-0.25, -0.2) is 4.79 Å². The van der Waals surface area contributed by atoms with Crippen LogP contribution < -0.4 is 19.1 Å². The molecule has 1 atom stereocenters. The molecular formula is C51H62O6. The Balaban J connectivity index is 1.09. The Labute approximate surface area is 341 Å². The number of carbonyl (C=O) groups is 1.